The molecule has 0 bridgehead atoms. The molecular weight excluding hydrogens is 220 g/mol. The van der Waals surface area contributed by atoms with E-state index in [2.05, 4.69) is 6.92 Å². The van der Waals surface area contributed by atoms with Crippen LogP contribution in [0.15, 0.2) is 0 Å². The number of carbonyl (C=O) groups excluding carboxylic acids is 2. The molecule has 4 heteroatoms. The van der Waals surface area contributed by atoms with Gasteiger partial charge in [0.25, 0.3) is 0 Å². The Hall–Kier alpha value is -1.06. The fourth-order valence-corrected chi connectivity index (χ4v) is 2.81. The Labute approximate surface area is 102 Å². The van der Waals surface area contributed by atoms with Gasteiger partial charge in [0, 0.05) is 0 Å². The van der Waals surface area contributed by atoms with Crippen molar-refractivity contribution in [1.82, 2.24) is 0 Å². The van der Waals surface area contributed by atoms with Crippen LogP contribution in [0.1, 0.15) is 46.0 Å². The van der Waals surface area contributed by atoms with E-state index in [1.54, 1.807) is 0 Å². The van der Waals surface area contributed by atoms with Crippen LogP contribution in [-0.4, -0.2) is 24.1 Å². The zero-order valence-electron chi connectivity index (χ0n) is 10.5. The molecule has 0 aromatic rings. The first-order valence-corrected chi connectivity index (χ1v) is 6.60. The van der Waals surface area contributed by atoms with Gasteiger partial charge < -0.3 is 9.47 Å². The molecule has 96 valence electrons. The second kappa shape index (κ2) is 5.07. The normalized spacial score (nSPS) is 35.6. The van der Waals surface area contributed by atoms with Crippen LogP contribution in [0.3, 0.4) is 0 Å². The minimum absolute atomic E-state index is 0.208. The molecular formula is C13H20O4. The Bertz CT molecular complexity index is 313. The van der Waals surface area contributed by atoms with Gasteiger partial charge in [0.15, 0.2) is 6.10 Å². The Morgan fingerprint density at radius 2 is 1.76 bits per heavy atom. The fraction of sp³-hybridized carbons (Fsp3) is 0.846. The second-order valence-corrected chi connectivity index (χ2v) is 4.94. The van der Waals surface area contributed by atoms with E-state index in [1.165, 1.54) is 0 Å². The number of carbonyl (C=O) groups is 2. The number of hydrogen-bond donors (Lipinski definition) is 0. The molecule has 0 aromatic heterocycles. The quantitative estimate of drug-likeness (QED) is 0.690. The van der Waals surface area contributed by atoms with Gasteiger partial charge in [-0.1, -0.05) is 26.7 Å². The molecule has 2 heterocycles. The van der Waals surface area contributed by atoms with Crippen LogP contribution < -0.4 is 0 Å². The van der Waals surface area contributed by atoms with E-state index in [-0.39, 0.29) is 36.0 Å². The third-order valence-corrected chi connectivity index (χ3v) is 3.69. The summed E-state index contributed by atoms with van der Waals surface area (Å²) in [5.41, 5.74) is 0. The zero-order valence-corrected chi connectivity index (χ0v) is 10.5. The first-order valence-electron chi connectivity index (χ1n) is 6.60. The molecule has 2 fully saturated rings. The van der Waals surface area contributed by atoms with Crippen molar-refractivity contribution >= 4 is 11.9 Å². The number of ether oxygens (including phenoxy) is 2. The summed E-state index contributed by atoms with van der Waals surface area (Å²) in [6.07, 6.45) is 3.92. The predicted octanol–water partition coefficient (Wildman–Crippen LogP) is 2.06. The fourth-order valence-electron chi connectivity index (χ4n) is 2.81. The van der Waals surface area contributed by atoms with Crippen LogP contribution >= 0.6 is 0 Å². The third kappa shape index (κ3) is 2.17. The molecule has 17 heavy (non-hydrogen) atoms. The number of hydrogen-bond acceptors (Lipinski definition) is 4. The average Bonchev–Trinajstić information content (AvgIpc) is 2.77. The van der Waals surface area contributed by atoms with Crippen molar-refractivity contribution in [2.24, 2.45) is 11.8 Å². The van der Waals surface area contributed by atoms with Gasteiger partial charge in [-0.25, -0.2) is 0 Å². The minimum atomic E-state index is -0.343. The van der Waals surface area contributed by atoms with Crippen molar-refractivity contribution in [3.63, 3.8) is 0 Å². The Morgan fingerprint density at radius 3 is 2.41 bits per heavy atom. The summed E-state index contributed by atoms with van der Waals surface area (Å²) in [6, 6.07) is 0. The van der Waals surface area contributed by atoms with Gasteiger partial charge in [-0.15, -0.1) is 0 Å². The SMILES string of the molecule is CCCCC1OC(=O)C2C(CCC)C(=O)OC12. The molecule has 4 nitrogen and oxygen atoms in total. The van der Waals surface area contributed by atoms with E-state index >= 15 is 0 Å². The van der Waals surface area contributed by atoms with Gasteiger partial charge in [0.2, 0.25) is 0 Å². The van der Waals surface area contributed by atoms with Crippen LogP contribution in [-0.2, 0) is 19.1 Å². The highest BCUT2D eigenvalue weighted by molar-refractivity contribution is 5.87. The molecule has 0 saturated carbocycles. The first kappa shape index (κ1) is 12.4. The highest BCUT2D eigenvalue weighted by atomic mass is 16.6. The van der Waals surface area contributed by atoms with Crippen molar-refractivity contribution in [2.45, 2.75) is 58.2 Å². The smallest absolute Gasteiger partial charge is 0.314 e. The maximum atomic E-state index is 11.8. The van der Waals surface area contributed by atoms with E-state index in [0.717, 1.165) is 32.1 Å². The molecule has 4 atom stereocenters. The van der Waals surface area contributed by atoms with E-state index < -0.39 is 0 Å². The van der Waals surface area contributed by atoms with Gasteiger partial charge in [-0.2, -0.15) is 0 Å². The van der Waals surface area contributed by atoms with E-state index in [9.17, 15) is 9.59 Å². The van der Waals surface area contributed by atoms with Gasteiger partial charge in [0.1, 0.15) is 12.0 Å². The molecule has 2 rings (SSSR count). The molecule has 0 spiro atoms. The van der Waals surface area contributed by atoms with Crippen molar-refractivity contribution in [1.29, 1.82) is 0 Å². The van der Waals surface area contributed by atoms with Crippen molar-refractivity contribution in [3.8, 4) is 0 Å². The lowest BCUT2D eigenvalue weighted by atomic mass is 9.86. The van der Waals surface area contributed by atoms with Crippen LogP contribution in [0, 0.1) is 11.8 Å². The largest absolute Gasteiger partial charge is 0.458 e. The summed E-state index contributed by atoms with van der Waals surface area (Å²) >= 11 is 0. The number of esters is 2. The lowest BCUT2D eigenvalue weighted by molar-refractivity contribution is -0.155. The Morgan fingerprint density at radius 1 is 1.00 bits per heavy atom. The third-order valence-electron chi connectivity index (χ3n) is 3.69. The molecule has 2 saturated heterocycles. The molecule has 4 unspecified atom stereocenters. The molecule has 0 aliphatic carbocycles. The number of fused-ring (bicyclic) bond motifs is 1. The summed E-state index contributed by atoms with van der Waals surface area (Å²) in [4.78, 5) is 23.5. The van der Waals surface area contributed by atoms with Gasteiger partial charge in [0.05, 0.1) is 5.92 Å². The standard InChI is InChI=1S/C13H20O4/c1-3-5-7-9-11-10(13(15)16-9)8(6-4-2)12(14)17-11/h8-11H,3-7H2,1-2H3. The molecule has 0 N–H and O–H groups in total. The highest BCUT2D eigenvalue weighted by Crippen LogP contribution is 2.41. The monoisotopic (exact) mass is 240 g/mol. The predicted molar refractivity (Wildman–Crippen MR) is 61.2 cm³/mol. The van der Waals surface area contributed by atoms with Crippen LogP contribution in [0.4, 0.5) is 0 Å². The van der Waals surface area contributed by atoms with E-state index in [1.807, 2.05) is 6.92 Å². The Kier molecular flexibility index (Phi) is 3.69. The van der Waals surface area contributed by atoms with Crippen molar-refractivity contribution < 1.29 is 19.1 Å². The Balaban J connectivity index is 2.07. The summed E-state index contributed by atoms with van der Waals surface area (Å²) in [6.45, 7) is 4.10. The molecule has 0 amide bonds. The molecule has 2 aliphatic rings. The highest BCUT2D eigenvalue weighted by Gasteiger charge is 2.57. The molecule has 0 aromatic carbocycles. The maximum absolute atomic E-state index is 11.8. The minimum Gasteiger partial charge on any atom is -0.458 e. The topological polar surface area (TPSA) is 52.6 Å². The zero-order chi connectivity index (χ0) is 12.4. The van der Waals surface area contributed by atoms with Gasteiger partial charge in [-0.05, 0) is 19.3 Å². The van der Waals surface area contributed by atoms with Crippen molar-refractivity contribution in [2.75, 3.05) is 0 Å². The number of unbranched alkanes of at least 4 members (excludes halogenated alkanes) is 1. The summed E-state index contributed by atoms with van der Waals surface area (Å²) in [7, 11) is 0. The van der Waals surface area contributed by atoms with E-state index in [4.69, 9.17) is 9.47 Å². The van der Waals surface area contributed by atoms with E-state index in [0.29, 0.717) is 0 Å². The van der Waals surface area contributed by atoms with Gasteiger partial charge in [-0.3, -0.25) is 9.59 Å². The van der Waals surface area contributed by atoms with Crippen LogP contribution in [0.5, 0.6) is 0 Å². The number of rotatable bonds is 5. The lowest BCUT2D eigenvalue weighted by Crippen LogP contribution is -2.26. The molecule has 2 aliphatic heterocycles. The first-order chi connectivity index (χ1) is 8.19. The second-order valence-electron chi connectivity index (χ2n) is 4.94. The lowest BCUT2D eigenvalue weighted by Gasteiger charge is -2.14. The van der Waals surface area contributed by atoms with Crippen LogP contribution in [0.25, 0.3) is 0 Å². The number of cyclic esters (lactones) is 1. The molecule has 0 radical (unpaired) electrons. The maximum Gasteiger partial charge on any atom is 0.314 e. The van der Waals surface area contributed by atoms with Crippen LogP contribution in [0.2, 0.25) is 0 Å². The summed E-state index contributed by atoms with van der Waals surface area (Å²) in [5, 5.41) is 0. The van der Waals surface area contributed by atoms with Gasteiger partial charge >= 0.3 is 11.9 Å². The summed E-state index contributed by atoms with van der Waals surface area (Å²) in [5.74, 6) is -1.06. The summed E-state index contributed by atoms with van der Waals surface area (Å²) < 4.78 is 10.7. The average molecular weight is 240 g/mol. The van der Waals surface area contributed by atoms with Crippen molar-refractivity contribution in [3.05, 3.63) is 0 Å².